The zero-order valence-corrected chi connectivity index (χ0v) is 17.2. The number of thiocarbonyl (C=S) groups is 1. The van der Waals surface area contributed by atoms with Gasteiger partial charge in [0.05, 0.1) is 4.91 Å². The summed E-state index contributed by atoms with van der Waals surface area (Å²) >= 11 is 6.94. The van der Waals surface area contributed by atoms with Crippen LogP contribution >= 0.6 is 24.0 Å². The third-order valence-corrected chi connectivity index (χ3v) is 6.96. The predicted molar refractivity (Wildman–Crippen MR) is 115 cm³/mol. The number of hydrogen-bond acceptors (Lipinski definition) is 4. The fourth-order valence-electron chi connectivity index (χ4n) is 4.13. The van der Waals surface area contributed by atoms with Gasteiger partial charge in [-0.25, -0.2) is 0 Å². The zero-order valence-electron chi connectivity index (χ0n) is 15.6. The largest absolute Gasteiger partial charge is 0.457 e. The van der Waals surface area contributed by atoms with Crippen molar-refractivity contribution in [1.82, 2.24) is 4.90 Å². The van der Waals surface area contributed by atoms with Crippen LogP contribution in [-0.2, 0) is 4.79 Å². The minimum absolute atomic E-state index is 0.0243. The van der Waals surface area contributed by atoms with Crippen molar-refractivity contribution in [3.05, 3.63) is 53.1 Å². The van der Waals surface area contributed by atoms with E-state index in [1.54, 1.807) is 0 Å². The molecule has 1 aliphatic carbocycles. The molecule has 27 heavy (non-hydrogen) atoms. The van der Waals surface area contributed by atoms with Gasteiger partial charge in [0.1, 0.15) is 15.8 Å². The number of carbonyl (C=O) groups is 1. The molecule has 3 nitrogen and oxygen atoms in total. The highest BCUT2D eigenvalue weighted by molar-refractivity contribution is 8.26. The predicted octanol–water partition coefficient (Wildman–Crippen LogP) is 5.97. The van der Waals surface area contributed by atoms with Gasteiger partial charge < -0.3 is 4.42 Å². The van der Waals surface area contributed by atoms with Crippen molar-refractivity contribution in [3.63, 3.8) is 0 Å². The topological polar surface area (TPSA) is 33.5 Å². The number of hydrogen-bond donors (Lipinski definition) is 0. The van der Waals surface area contributed by atoms with Gasteiger partial charge in [0, 0.05) is 17.7 Å². The number of amides is 1. The number of thioether (sulfide) groups is 1. The molecule has 0 spiro atoms. The summed E-state index contributed by atoms with van der Waals surface area (Å²) in [5.74, 6) is 2.69. The molecule has 1 aromatic carbocycles. The van der Waals surface area contributed by atoms with E-state index in [4.69, 9.17) is 16.6 Å². The first-order valence-corrected chi connectivity index (χ1v) is 10.7. The van der Waals surface area contributed by atoms with Crippen LogP contribution in [0.2, 0.25) is 0 Å². The van der Waals surface area contributed by atoms with Crippen LogP contribution < -0.4 is 0 Å². The Labute approximate surface area is 169 Å². The van der Waals surface area contributed by atoms with Crippen molar-refractivity contribution in [2.24, 2.45) is 11.8 Å². The smallest absolute Gasteiger partial charge is 0.266 e. The molecule has 3 unspecified atom stereocenters. The molecule has 1 saturated carbocycles. The highest BCUT2D eigenvalue weighted by atomic mass is 32.2. The molecule has 4 rings (SSSR count). The van der Waals surface area contributed by atoms with Crippen LogP contribution in [0.1, 0.15) is 38.9 Å². The first-order valence-electron chi connectivity index (χ1n) is 9.49. The number of furan rings is 1. The molecule has 2 fully saturated rings. The van der Waals surface area contributed by atoms with E-state index < -0.39 is 0 Å². The van der Waals surface area contributed by atoms with Crippen molar-refractivity contribution in [2.45, 2.75) is 39.2 Å². The van der Waals surface area contributed by atoms with Crippen LogP contribution in [-0.4, -0.2) is 21.2 Å². The lowest BCUT2D eigenvalue weighted by Crippen LogP contribution is -2.40. The van der Waals surface area contributed by atoms with Crippen LogP contribution in [0.25, 0.3) is 17.4 Å². The summed E-state index contributed by atoms with van der Waals surface area (Å²) < 4.78 is 6.60. The highest BCUT2D eigenvalue weighted by Crippen LogP contribution is 2.42. The molecule has 1 aromatic heterocycles. The van der Waals surface area contributed by atoms with E-state index in [1.807, 2.05) is 53.4 Å². The van der Waals surface area contributed by atoms with Gasteiger partial charge in [-0.1, -0.05) is 74.6 Å². The average molecular weight is 398 g/mol. The molecule has 1 amide bonds. The molecule has 2 aromatic rings. The first kappa shape index (κ1) is 18.5. The Bertz CT molecular complexity index is 887. The molecule has 0 radical (unpaired) electrons. The molecule has 1 saturated heterocycles. The van der Waals surface area contributed by atoms with Gasteiger partial charge in [-0.05, 0) is 36.8 Å². The van der Waals surface area contributed by atoms with Gasteiger partial charge in [-0.3, -0.25) is 9.69 Å². The Balaban J connectivity index is 1.55. The van der Waals surface area contributed by atoms with Crippen LogP contribution in [0.5, 0.6) is 0 Å². The molecule has 1 aliphatic heterocycles. The molecule has 0 N–H and O–H groups in total. The number of benzene rings is 1. The second-order valence-electron chi connectivity index (χ2n) is 7.41. The Morgan fingerprint density at radius 1 is 1.22 bits per heavy atom. The summed E-state index contributed by atoms with van der Waals surface area (Å²) in [5.41, 5.74) is 1.02. The molecule has 3 atom stereocenters. The number of carbonyl (C=O) groups excluding carboxylic acids is 1. The summed E-state index contributed by atoms with van der Waals surface area (Å²) in [6.45, 7) is 4.46. The average Bonchev–Trinajstić information content (AvgIpc) is 3.35. The quantitative estimate of drug-likeness (QED) is 0.470. The maximum absolute atomic E-state index is 13.0. The van der Waals surface area contributed by atoms with Crippen molar-refractivity contribution < 1.29 is 9.21 Å². The minimum atomic E-state index is 0.0243. The van der Waals surface area contributed by atoms with E-state index in [-0.39, 0.29) is 11.9 Å². The van der Waals surface area contributed by atoms with E-state index in [0.29, 0.717) is 26.8 Å². The lowest BCUT2D eigenvalue weighted by molar-refractivity contribution is -0.124. The second kappa shape index (κ2) is 7.64. The Morgan fingerprint density at radius 3 is 2.70 bits per heavy atom. The van der Waals surface area contributed by atoms with E-state index in [1.165, 1.54) is 24.6 Å². The molecular formula is C22H23NO2S2. The van der Waals surface area contributed by atoms with Crippen LogP contribution in [0.3, 0.4) is 0 Å². The van der Waals surface area contributed by atoms with Crippen LogP contribution in [0.15, 0.2) is 51.8 Å². The monoisotopic (exact) mass is 397 g/mol. The maximum atomic E-state index is 13.0. The van der Waals surface area contributed by atoms with Gasteiger partial charge in [0.2, 0.25) is 0 Å². The van der Waals surface area contributed by atoms with Crippen molar-refractivity contribution in [1.29, 1.82) is 0 Å². The van der Waals surface area contributed by atoms with Crippen molar-refractivity contribution in [2.75, 3.05) is 0 Å². The second-order valence-corrected chi connectivity index (χ2v) is 9.09. The third kappa shape index (κ3) is 3.63. The Morgan fingerprint density at radius 2 is 2.00 bits per heavy atom. The maximum Gasteiger partial charge on any atom is 0.266 e. The Hall–Kier alpha value is -1.85. The van der Waals surface area contributed by atoms with E-state index in [9.17, 15) is 4.79 Å². The summed E-state index contributed by atoms with van der Waals surface area (Å²) in [4.78, 5) is 15.5. The van der Waals surface area contributed by atoms with E-state index in [2.05, 4.69) is 13.8 Å². The molecular weight excluding hydrogens is 374 g/mol. The molecule has 0 bridgehead atoms. The van der Waals surface area contributed by atoms with Gasteiger partial charge in [-0.15, -0.1) is 0 Å². The lowest BCUT2D eigenvalue weighted by atomic mass is 10.0. The lowest BCUT2D eigenvalue weighted by Gasteiger charge is -2.26. The number of rotatable bonds is 4. The summed E-state index contributed by atoms with van der Waals surface area (Å²) in [5, 5.41) is 0. The minimum Gasteiger partial charge on any atom is -0.457 e. The fraction of sp³-hybridized carbons (Fsp3) is 0.364. The van der Waals surface area contributed by atoms with Crippen LogP contribution in [0, 0.1) is 11.8 Å². The molecule has 140 valence electrons. The zero-order chi connectivity index (χ0) is 19.0. The van der Waals surface area contributed by atoms with Crippen LogP contribution in [0.4, 0.5) is 0 Å². The van der Waals surface area contributed by atoms with Gasteiger partial charge in [-0.2, -0.15) is 0 Å². The molecule has 2 aliphatic rings. The summed E-state index contributed by atoms with van der Waals surface area (Å²) in [6, 6.07) is 14.0. The fourth-order valence-corrected chi connectivity index (χ4v) is 5.48. The van der Waals surface area contributed by atoms with Crippen molar-refractivity contribution >= 4 is 40.3 Å². The normalized spacial score (nSPS) is 27.1. The third-order valence-electron chi connectivity index (χ3n) is 5.63. The van der Waals surface area contributed by atoms with Gasteiger partial charge in [0.15, 0.2) is 0 Å². The summed E-state index contributed by atoms with van der Waals surface area (Å²) in [6.07, 6.45) is 5.22. The van der Waals surface area contributed by atoms with Gasteiger partial charge >= 0.3 is 0 Å². The Kier molecular flexibility index (Phi) is 5.24. The standard InChI is InChI=1S/C22H23NO2S2/c1-3-15-11-14(2)18(12-15)23-21(24)20(27-22(23)26)13-17-9-10-19(25-17)16-7-5-4-6-8-16/h4-10,13-15,18H,3,11-12H2,1-2H3/b20-13-. The number of nitrogens with zero attached hydrogens (tertiary/aromatic N) is 1. The first-order chi connectivity index (χ1) is 13.1. The molecule has 5 heteroatoms. The molecule has 2 heterocycles. The highest BCUT2D eigenvalue weighted by Gasteiger charge is 2.43. The van der Waals surface area contributed by atoms with E-state index >= 15 is 0 Å². The van der Waals surface area contributed by atoms with Crippen molar-refractivity contribution in [3.8, 4) is 11.3 Å². The van der Waals surface area contributed by atoms with E-state index in [0.717, 1.165) is 17.7 Å². The van der Waals surface area contributed by atoms with Gasteiger partial charge in [0.25, 0.3) is 5.91 Å². The summed E-state index contributed by atoms with van der Waals surface area (Å²) in [7, 11) is 0. The SMILES string of the molecule is CCC1CC(C)C(N2C(=O)/C(=C/c3ccc(-c4ccccc4)o3)SC2=S)C1.